The predicted molar refractivity (Wildman–Crippen MR) is 84.8 cm³/mol. The van der Waals surface area contributed by atoms with Gasteiger partial charge in [-0.2, -0.15) is 0 Å². The minimum absolute atomic E-state index is 0.0943. The number of rotatable bonds is 3. The Morgan fingerprint density at radius 1 is 1.09 bits per heavy atom. The summed E-state index contributed by atoms with van der Waals surface area (Å²) in [4.78, 5) is 18.4. The lowest BCUT2D eigenvalue weighted by molar-refractivity contribution is 0.0591. The van der Waals surface area contributed by atoms with E-state index in [4.69, 9.17) is 4.52 Å². The molecule has 5 heteroatoms. The molecule has 1 aromatic carbocycles. The van der Waals surface area contributed by atoms with Gasteiger partial charge in [0.2, 0.25) is 0 Å². The lowest BCUT2D eigenvalue weighted by atomic mass is 9.91. The Labute approximate surface area is 133 Å². The van der Waals surface area contributed by atoms with Gasteiger partial charge in [-0.3, -0.25) is 9.78 Å². The molecule has 0 atom stereocenters. The van der Waals surface area contributed by atoms with Gasteiger partial charge < -0.3 is 9.42 Å². The summed E-state index contributed by atoms with van der Waals surface area (Å²) in [7, 11) is 0. The van der Waals surface area contributed by atoms with Crippen LogP contribution >= 0.6 is 0 Å². The lowest BCUT2D eigenvalue weighted by Crippen LogP contribution is -2.48. The van der Waals surface area contributed by atoms with Crippen LogP contribution in [-0.4, -0.2) is 34.0 Å². The van der Waals surface area contributed by atoms with E-state index in [1.54, 1.807) is 17.2 Å². The van der Waals surface area contributed by atoms with Crippen LogP contribution in [0.4, 0.5) is 0 Å². The maximum absolute atomic E-state index is 12.4. The zero-order valence-electron chi connectivity index (χ0n) is 12.4. The quantitative estimate of drug-likeness (QED) is 0.746. The number of pyridine rings is 1. The van der Waals surface area contributed by atoms with Gasteiger partial charge >= 0.3 is 0 Å². The van der Waals surface area contributed by atoms with Gasteiger partial charge in [-0.15, -0.1) is 0 Å². The first-order valence-corrected chi connectivity index (χ1v) is 7.53. The molecular weight excluding hydrogens is 290 g/mol. The van der Waals surface area contributed by atoms with Gasteiger partial charge in [0.05, 0.1) is 0 Å². The van der Waals surface area contributed by atoms with Crippen LogP contribution in [0.25, 0.3) is 11.5 Å². The molecule has 0 saturated carbocycles. The predicted octanol–water partition coefficient (Wildman–Crippen LogP) is 2.98. The van der Waals surface area contributed by atoms with Crippen molar-refractivity contribution in [3.8, 4) is 11.5 Å². The fraction of sp³-hybridized carbons (Fsp3) is 0.167. The Hall–Kier alpha value is -2.95. The first kappa shape index (κ1) is 13.7. The van der Waals surface area contributed by atoms with E-state index in [1.165, 1.54) is 5.56 Å². The van der Waals surface area contributed by atoms with Crippen LogP contribution in [0, 0.1) is 0 Å². The van der Waals surface area contributed by atoms with Crippen molar-refractivity contribution in [3.63, 3.8) is 0 Å². The molecule has 5 nitrogen and oxygen atoms in total. The summed E-state index contributed by atoms with van der Waals surface area (Å²) in [6.45, 7) is 1.43. The highest BCUT2D eigenvalue weighted by Gasteiger charge is 2.33. The summed E-state index contributed by atoms with van der Waals surface area (Å²) in [6.07, 6.45) is 1.68. The van der Waals surface area contributed by atoms with E-state index in [9.17, 15) is 4.79 Å². The first-order chi connectivity index (χ1) is 11.3. The smallest absolute Gasteiger partial charge is 0.276 e. The van der Waals surface area contributed by atoms with Crippen molar-refractivity contribution >= 4 is 5.91 Å². The number of carbonyl (C=O) groups excluding carboxylic acids is 1. The number of hydrogen-bond donors (Lipinski definition) is 0. The average Bonchev–Trinajstić information content (AvgIpc) is 3.05. The van der Waals surface area contributed by atoms with E-state index in [0.29, 0.717) is 36.2 Å². The normalized spacial score (nSPS) is 14.5. The highest BCUT2D eigenvalue weighted by atomic mass is 16.5. The zero-order valence-corrected chi connectivity index (χ0v) is 12.4. The Balaban J connectivity index is 1.44. The molecule has 4 rings (SSSR count). The molecule has 1 aliphatic rings. The molecule has 1 amide bonds. The molecule has 1 aliphatic heterocycles. The third-order valence-corrected chi connectivity index (χ3v) is 4.09. The van der Waals surface area contributed by atoms with Gasteiger partial charge in [0.1, 0.15) is 5.69 Å². The summed E-state index contributed by atoms with van der Waals surface area (Å²) >= 11 is 0. The van der Waals surface area contributed by atoms with Crippen LogP contribution in [0.15, 0.2) is 65.3 Å². The molecule has 0 radical (unpaired) electrons. The van der Waals surface area contributed by atoms with E-state index in [1.807, 2.05) is 36.4 Å². The van der Waals surface area contributed by atoms with Crippen molar-refractivity contribution in [2.45, 2.75) is 5.92 Å². The molecule has 1 fully saturated rings. The van der Waals surface area contributed by atoms with Crippen LogP contribution in [0.2, 0.25) is 0 Å². The van der Waals surface area contributed by atoms with Gasteiger partial charge in [0.25, 0.3) is 5.91 Å². The number of hydrogen-bond acceptors (Lipinski definition) is 4. The molecule has 1 saturated heterocycles. The standard InChI is InChI=1S/C18H15N3O2/c22-18(21-11-14(12-21)13-6-2-1-3-7-13)16-10-17(23-20-16)15-8-4-5-9-19-15/h1-10,14H,11-12H2. The molecular formula is C18H15N3O2. The van der Waals surface area contributed by atoms with Gasteiger partial charge in [-0.25, -0.2) is 0 Å². The van der Waals surface area contributed by atoms with Crippen molar-refractivity contribution in [2.75, 3.05) is 13.1 Å². The van der Waals surface area contributed by atoms with Gasteiger partial charge in [-0.05, 0) is 17.7 Å². The summed E-state index contributed by atoms with van der Waals surface area (Å²) in [5.74, 6) is 0.819. The highest BCUT2D eigenvalue weighted by molar-refractivity contribution is 5.93. The molecule has 114 valence electrons. The van der Waals surface area contributed by atoms with Crippen molar-refractivity contribution in [2.24, 2.45) is 0 Å². The summed E-state index contributed by atoms with van der Waals surface area (Å²) < 4.78 is 5.24. The Kier molecular flexibility index (Phi) is 3.38. The number of likely N-dealkylation sites (tertiary alicyclic amines) is 1. The number of benzene rings is 1. The maximum atomic E-state index is 12.4. The summed E-state index contributed by atoms with van der Waals surface area (Å²) in [5, 5.41) is 3.89. The molecule has 0 bridgehead atoms. The van der Waals surface area contributed by atoms with Crippen LogP contribution in [0.5, 0.6) is 0 Å². The minimum atomic E-state index is -0.0943. The molecule has 23 heavy (non-hydrogen) atoms. The molecule has 3 aromatic rings. The Morgan fingerprint density at radius 2 is 1.87 bits per heavy atom. The Morgan fingerprint density at radius 3 is 2.61 bits per heavy atom. The van der Waals surface area contributed by atoms with Crippen LogP contribution < -0.4 is 0 Å². The van der Waals surface area contributed by atoms with Gasteiger partial charge in [0, 0.05) is 31.3 Å². The number of amides is 1. The van der Waals surface area contributed by atoms with Crippen molar-refractivity contribution in [1.82, 2.24) is 15.0 Å². The van der Waals surface area contributed by atoms with Crippen LogP contribution in [-0.2, 0) is 0 Å². The first-order valence-electron chi connectivity index (χ1n) is 7.53. The highest BCUT2D eigenvalue weighted by Crippen LogP contribution is 2.28. The van der Waals surface area contributed by atoms with Crippen molar-refractivity contribution in [3.05, 3.63) is 72.1 Å². The monoisotopic (exact) mass is 305 g/mol. The molecule has 0 aliphatic carbocycles. The average molecular weight is 305 g/mol. The topological polar surface area (TPSA) is 59.2 Å². The van der Waals surface area contributed by atoms with Crippen molar-refractivity contribution < 1.29 is 9.32 Å². The van der Waals surface area contributed by atoms with E-state index in [2.05, 4.69) is 22.3 Å². The number of aromatic nitrogens is 2. The zero-order chi connectivity index (χ0) is 15.6. The molecule has 0 N–H and O–H groups in total. The molecule has 2 aromatic heterocycles. The maximum Gasteiger partial charge on any atom is 0.276 e. The molecule has 3 heterocycles. The molecule has 0 unspecified atom stereocenters. The van der Waals surface area contributed by atoms with E-state index in [0.717, 1.165) is 0 Å². The Bertz CT molecular complexity index is 809. The summed E-state index contributed by atoms with van der Waals surface area (Å²) in [6, 6.07) is 17.4. The second-order valence-electron chi connectivity index (χ2n) is 5.61. The van der Waals surface area contributed by atoms with Crippen LogP contribution in [0.1, 0.15) is 22.0 Å². The number of nitrogens with zero attached hydrogens (tertiary/aromatic N) is 3. The second-order valence-corrected chi connectivity index (χ2v) is 5.61. The summed E-state index contributed by atoms with van der Waals surface area (Å²) in [5.41, 5.74) is 2.27. The van der Waals surface area contributed by atoms with Gasteiger partial charge in [-0.1, -0.05) is 41.6 Å². The molecule has 0 spiro atoms. The second kappa shape index (κ2) is 5.68. The largest absolute Gasteiger partial charge is 0.354 e. The fourth-order valence-electron chi connectivity index (χ4n) is 2.75. The van der Waals surface area contributed by atoms with Crippen molar-refractivity contribution in [1.29, 1.82) is 0 Å². The van der Waals surface area contributed by atoms with Crippen LogP contribution in [0.3, 0.4) is 0 Å². The minimum Gasteiger partial charge on any atom is -0.354 e. The van der Waals surface area contributed by atoms with E-state index >= 15 is 0 Å². The lowest BCUT2D eigenvalue weighted by Gasteiger charge is -2.39. The van der Waals surface area contributed by atoms with E-state index < -0.39 is 0 Å². The van der Waals surface area contributed by atoms with Gasteiger partial charge in [0.15, 0.2) is 11.5 Å². The third-order valence-electron chi connectivity index (χ3n) is 4.09. The fourth-order valence-corrected chi connectivity index (χ4v) is 2.75. The van der Waals surface area contributed by atoms with E-state index in [-0.39, 0.29) is 5.91 Å². The SMILES string of the molecule is O=C(c1cc(-c2ccccn2)on1)N1CC(c2ccccc2)C1. The number of carbonyl (C=O) groups is 1. The third kappa shape index (κ3) is 2.61.